The van der Waals surface area contributed by atoms with Crippen molar-refractivity contribution in [2.24, 2.45) is 0 Å². The molecule has 0 radical (unpaired) electrons. The third-order valence-corrected chi connectivity index (χ3v) is 7.45. The standard InChI is InChI=1S/C22H24N4O4S/c23-16-17-1-3-19(4-2-17)24-22(27)8-10-25-9-7-18-15-20(5-6-21(18)25)31(28,29)26-11-13-30-14-12-26/h1-6,15H,7-14H2,(H,24,27). The number of sulfonamides is 1. The molecule has 2 aliphatic heterocycles. The number of anilines is 2. The Morgan fingerprint density at radius 1 is 1.10 bits per heavy atom. The van der Waals surface area contributed by atoms with Crippen LogP contribution in [0.3, 0.4) is 0 Å². The van der Waals surface area contributed by atoms with Crippen molar-refractivity contribution in [3.63, 3.8) is 0 Å². The van der Waals surface area contributed by atoms with Crippen LogP contribution in [0, 0.1) is 11.3 Å². The SMILES string of the molecule is N#Cc1ccc(NC(=O)CCN2CCc3cc(S(=O)(=O)N4CCOCC4)ccc32)cc1. The van der Waals surface area contributed by atoms with Crippen LogP contribution in [0.2, 0.25) is 0 Å². The number of fused-ring (bicyclic) bond motifs is 1. The molecule has 1 amide bonds. The average Bonchev–Trinajstić information content (AvgIpc) is 3.21. The fraction of sp³-hybridized carbons (Fsp3) is 0.364. The van der Waals surface area contributed by atoms with Crippen LogP contribution in [-0.4, -0.2) is 58.0 Å². The molecule has 2 aromatic carbocycles. The van der Waals surface area contributed by atoms with E-state index in [1.165, 1.54) is 4.31 Å². The smallest absolute Gasteiger partial charge is 0.243 e. The van der Waals surface area contributed by atoms with Crippen molar-refractivity contribution in [2.75, 3.05) is 49.6 Å². The minimum atomic E-state index is -3.52. The minimum absolute atomic E-state index is 0.107. The lowest BCUT2D eigenvalue weighted by atomic mass is 10.2. The van der Waals surface area contributed by atoms with Gasteiger partial charge in [-0.15, -0.1) is 0 Å². The van der Waals surface area contributed by atoms with E-state index in [0.29, 0.717) is 55.4 Å². The molecule has 2 heterocycles. The van der Waals surface area contributed by atoms with Crippen molar-refractivity contribution >= 4 is 27.3 Å². The fourth-order valence-corrected chi connectivity index (χ4v) is 5.32. The van der Waals surface area contributed by atoms with Gasteiger partial charge in [0.15, 0.2) is 0 Å². The summed E-state index contributed by atoms with van der Waals surface area (Å²) >= 11 is 0. The highest BCUT2D eigenvalue weighted by atomic mass is 32.2. The molecule has 1 fully saturated rings. The van der Waals surface area contributed by atoms with E-state index in [0.717, 1.165) is 24.2 Å². The van der Waals surface area contributed by atoms with Crippen LogP contribution in [0.5, 0.6) is 0 Å². The summed E-state index contributed by atoms with van der Waals surface area (Å²) in [5, 5.41) is 11.7. The number of carbonyl (C=O) groups excluding carboxylic acids is 1. The molecule has 0 unspecified atom stereocenters. The van der Waals surface area contributed by atoms with Crippen LogP contribution in [-0.2, 0) is 26.0 Å². The molecule has 1 saturated heterocycles. The summed E-state index contributed by atoms with van der Waals surface area (Å²) in [6.07, 6.45) is 1.06. The Bertz CT molecular complexity index is 1100. The zero-order valence-electron chi connectivity index (χ0n) is 17.1. The molecule has 1 N–H and O–H groups in total. The molecule has 0 saturated carbocycles. The van der Waals surface area contributed by atoms with Gasteiger partial charge in [-0.1, -0.05) is 0 Å². The molecule has 0 aliphatic carbocycles. The number of rotatable bonds is 6. The highest BCUT2D eigenvalue weighted by Gasteiger charge is 2.28. The normalized spacial score (nSPS) is 16.5. The zero-order valence-corrected chi connectivity index (χ0v) is 17.9. The Kier molecular flexibility index (Phi) is 6.23. The Labute approximate surface area is 182 Å². The molecular formula is C22H24N4O4S. The molecular weight excluding hydrogens is 416 g/mol. The molecule has 2 aromatic rings. The van der Waals surface area contributed by atoms with Gasteiger partial charge in [-0.2, -0.15) is 9.57 Å². The first-order chi connectivity index (χ1) is 15.0. The van der Waals surface area contributed by atoms with E-state index in [1.54, 1.807) is 36.4 Å². The lowest BCUT2D eigenvalue weighted by Gasteiger charge is -2.26. The lowest BCUT2D eigenvalue weighted by molar-refractivity contribution is -0.116. The van der Waals surface area contributed by atoms with Gasteiger partial charge in [0.25, 0.3) is 0 Å². The molecule has 0 bridgehead atoms. The largest absolute Gasteiger partial charge is 0.379 e. The van der Waals surface area contributed by atoms with E-state index in [4.69, 9.17) is 10.00 Å². The van der Waals surface area contributed by atoms with Crippen molar-refractivity contribution in [2.45, 2.75) is 17.7 Å². The number of benzene rings is 2. The second kappa shape index (κ2) is 9.06. The highest BCUT2D eigenvalue weighted by Crippen LogP contribution is 2.31. The van der Waals surface area contributed by atoms with Gasteiger partial charge in [-0.3, -0.25) is 4.79 Å². The van der Waals surface area contributed by atoms with Crippen molar-refractivity contribution < 1.29 is 17.9 Å². The van der Waals surface area contributed by atoms with E-state index < -0.39 is 10.0 Å². The Balaban J connectivity index is 1.37. The highest BCUT2D eigenvalue weighted by molar-refractivity contribution is 7.89. The molecule has 0 aromatic heterocycles. The Hall–Kier alpha value is -2.93. The number of nitriles is 1. The number of ether oxygens (including phenoxy) is 1. The second-order valence-electron chi connectivity index (χ2n) is 7.53. The number of morpholine rings is 1. The number of carbonyl (C=O) groups is 1. The van der Waals surface area contributed by atoms with Crippen molar-refractivity contribution in [1.29, 1.82) is 5.26 Å². The molecule has 4 rings (SSSR count). The Morgan fingerprint density at radius 3 is 2.55 bits per heavy atom. The van der Waals surface area contributed by atoms with Crippen LogP contribution in [0.15, 0.2) is 47.4 Å². The monoisotopic (exact) mass is 440 g/mol. The second-order valence-corrected chi connectivity index (χ2v) is 9.47. The maximum absolute atomic E-state index is 12.9. The summed E-state index contributed by atoms with van der Waals surface area (Å²) in [5.41, 5.74) is 3.17. The molecule has 31 heavy (non-hydrogen) atoms. The van der Waals surface area contributed by atoms with E-state index >= 15 is 0 Å². The Morgan fingerprint density at radius 2 is 1.84 bits per heavy atom. The van der Waals surface area contributed by atoms with Gasteiger partial charge < -0.3 is 15.0 Å². The average molecular weight is 441 g/mol. The zero-order chi connectivity index (χ0) is 21.8. The molecule has 0 spiro atoms. The molecule has 9 heteroatoms. The van der Waals surface area contributed by atoms with Gasteiger partial charge in [0.05, 0.1) is 29.7 Å². The van der Waals surface area contributed by atoms with Gasteiger partial charge in [0.2, 0.25) is 15.9 Å². The van der Waals surface area contributed by atoms with Crippen molar-refractivity contribution in [3.05, 3.63) is 53.6 Å². The van der Waals surface area contributed by atoms with E-state index in [9.17, 15) is 13.2 Å². The number of nitrogens with zero attached hydrogens (tertiary/aromatic N) is 3. The number of hydrogen-bond acceptors (Lipinski definition) is 6. The number of nitrogens with one attached hydrogen (secondary N) is 1. The fourth-order valence-electron chi connectivity index (χ4n) is 3.86. The summed E-state index contributed by atoms with van der Waals surface area (Å²) in [7, 11) is -3.52. The molecule has 2 aliphatic rings. The van der Waals surface area contributed by atoms with Gasteiger partial charge in [-0.05, 0) is 54.4 Å². The maximum atomic E-state index is 12.9. The number of amides is 1. The van der Waals surface area contributed by atoms with Crippen LogP contribution < -0.4 is 10.2 Å². The van der Waals surface area contributed by atoms with Crippen LogP contribution in [0.25, 0.3) is 0 Å². The summed E-state index contributed by atoms with van der Waals surface area (Å²) in [6, 6.07) is 14.0. The first-order valence-electron chi connectivity index (χ1n) is 10.2. The third kappa shape index (κ3) is 4.71. The quantitative estimate of drug-likeness (QED) is 0.737. The lowest BCUT2D eigenvalue weighted by Crippen LogP contribution is -2.40. The molecule has 162 valence electrons. The predicted octanol–water partition coefficient (Wildman–Crippen LogP) is 1.97. The van der Waals surface area contributed by atoms with Crippen LogP contribution in [0.1, 0.15) is 17.5 Å². The molecule has 0 atom stereocenters. The van der Waals surface area contributed by atoms with Crippen molar-refractivity contribution in [3.8, 4) is 6.07 Å². The van der Waals surface area contributed by atoms with Crippen LogP contribution in [0.4, 0.5) is 11.4 Å². The van der Waals surface area contributed by atoms with Crippen LogP contribution >= 0.6 is 0 Å². The maximum Gasteiger partial charge on any atom is 0.243 e. The van der Waals surface area contributed by atoms with E-state index in [1.807, 2.05) is 12.1 Å². The van der Waals surface area contributed by atoms with Gasteiger partial charge in [0, 0.05) is 44.0 Å². The molecule has 8 nitrogen and oxygen atoms in total. The predicted molar refractivity (Wildman–Crippen MR) is 116 cm³/mol. The van der Waals surface area contributed by atoms with Gasteiger partial charge >= 0.3 is 0 Å². The minimum Gasteiger partial charge on any atom is -0.379 e. The third-order valence-electron chi connectivity index (χ3n) is 5.56. The van der Waals surface area contributed by atoms with Gasteiger partial charge in [-0.25, -0.2) is 8.42 Å². The van der Waals surface area contributed by atoms with E-state index in [-0.39, 0.29) is 5.91 Å². The summed E-state index contributed by atoms with van der Waals surface area (Å²) in [6.45, 7) is 2.88. The summed E-state index contributed by atoms with van der Waals surface area (Å²) in [5.74, 6) is -0.107. The first-order valence-corrected chi connectivity index (χ1v) is 11.7. The summed E-state index contributed by atoms with van der Waals surface area (Å²) in [4.78, 5) is 14.7. The van der Waals surface area contributed by atoms with Crippen molar-refractivity contribution in [1.82, 2.24) is 4.31 Å². The summed E-state index contributed by atoms with van der Waals surface area (Å²) < 4.78 is 32.5. The van der Waals surface area contributed by atoms with Gasteiger partial charge in [0.1, 0.15) is 0 Å². The van der Waals surface area contributed by atoms with E-state index in [2.05, 4.69) is 10.2 Å². The number of hydrogen-bond donors (Lipinski definition) is 1. The first kappa shape index (κ1) is 21.3. The topological polar surface area (TPSA) is 103 Å².